The van der Waals surface area contributed by atoms with E-state index in [1.165, 1.54) is 4.68 Å². The molecule has 0 atom stereocenters. The van der Waals surface area contributed by atoms with Crippen LogP contribution < -0.4 is 5.73 Å². The molecule has 0 fully saturated rings. The van der Waals surface area contributed by atoms with E-state index in [-0.39, 0.29) is 5.78 Å². The van der Waals surface area contributed by atoms with E-state index >= 15 is 0 Å². The van der Waals surface area contributed by atoms with E-state index in [2.05, 4.69) is 5.10 Å². The molecule has 2 aromatic carbocycles. The van der Waals surface area contributed by atoms with Gasteiger partial charge in [-0.2, -0.15) is 5.10 Å². The van der Waals surface area contributed by atoms with E-state index < -0.39 is 0 Å². The van der Waals surface area contributed by atoms with Crippen molar-refractivity contribution in [3.8, 4) is 11.3 Å². The van der Waals surface area contributed by atoms with Crippen molar-refractivity contribution in [2.45, 2.75) is 0 Å². The third-order valence-corrected chi connectivity index (χ3v) is 3.81. The average Bonchev–Trinajstić information content (AvgIpc) is 2.84. The van der Waals surface area contributed by atoms with Gasteiger partial charge in [-0.3, -0.25) is 9.48 Å². The minimum atomic E-state index is -0.227. The number of nitrogen functional groups attached to an aromatic ring is 1. The molecule has 0 aliphatic heterocycles. The highest BCUT2D eigenvalue weighted by Crippen LogP contribution is 2.30. The first-order chi connectivity index (χ1) is 10.6. The molecule has 5 heteroatoms. The molecular weight excluding hydrogens is 298 g/mol. The molecule has 0 unspecified atom stereocenters. The van der Waals surface area contributed by atoms with Crippen molar-refractivity contribution >= 4 is 23.2 Å². The lowest BCUT2D eigenvalue weighted by Crippen LogP contribution is -2.07. The number of hydrogen-bond acceptors (Lipinski definition) is 3. The van der Waals surface area contributed by atoms with Gasteiger partial charge in [0, 0.05) is 18.2 Å². The Labute approximate surface area is 133 Å². The Balaban J connectivity index is 2.19. The number of benzene rings is 2. The largest absolute Gasteiger partial charge is 0.383 e. The van der Waals surface area contributed by atoms with Crippen molar-refractivity contribution in [1.29, 1.82) is 0 Å². The van der Waals surface area contributed by atoms with Crippen LogP contribution in [0.4, 0.5) is 5.82 Å². The maximum absolute atomic E-state index is 12.9. The maximum atomic E-state index is 12.9. The van der Waals surface area contributed by atoms with Gasteiger partial charge < -0.3 is 5.73 Å². The summed E-state index contributed by atoms with van der Waals surface area (Å²) in [7, 11) is 1.71. The lowest BCUT2D eigenvalue weighted by Gasteiger charge is -2.05. The summed E-state index contributed by atoms with van der Waals surface area (Å²) in [6.07, 6.45) is 0. The first-order valence-electron chi connectivity index (χ1n) is 6.76. The van der Waals surface area contributed by atoms with Gasteiger partial charge in [0.2, 0.25) is 0 Å². The van der Waals surface area contributed by atoms with Crippen LogP contribution in [0.1, 0.15) is 15.9 Å². The van der Waals surface area contributed by atoms with Gasteiger partial charge in [-0.1, -0.05) is 54.1 Å². The summed E-state index contributed by atoms with van der Waals surface area (Å²) in [5.41, 5.74) is 8.26. The second-order valence-electron chi connectivity index (χ2n) is 4.91. The highest BCUT2D eigenvalue weighted by atomic mass is 35.5. The van der Waals surface area contributed by atoms with Gasteiger partial charge in [0.05, 0.1) is 10.6 Å². The van der Waals surface area contributed by atoms with Crippen LogP contribution >= 0.6 is 11.6 Å². The van der Waals surface area contributed by atoms with Crippen molar-refractivity contribution in [2.24, 2.45) is 7.05 Å². The van der Waals surface area contributed by atoms with Crippen molar-refractivity contribution in [1.82, 2.24) is 9.78 Å². The van der Waals surface area contributed by atoms with Crippen LogP contribution in [0.5, 0.6) is 0 Å². The molecule has 0 amide bonds. The Morgan fingerprint density at radius 2 is 1.73 bits per heavy atom. The summed E-state index contributed by atoms with van der Waals surface area (Å²) in [5.74, 6) is 0.0961. The van der Waals surface area contributed by atoms with Gasteiger partial charge in [-0.15, -0.1) is 0 Å². The summed E-state index contributed by atoms with van der Waals surface area (Å²) in [6, 6.07) is 16.4. The van der Waals surface area contributed by atoms with Gasteiger partial charge in [0.25, 0.3) is 0 Å². The normalized spacial score (nSPS) is 10.6. The van der Waals surface area contributed by atoms with Gasteiger partial charge in [-0.05, 0) is 12.1 Å². The number of anilines is 1. The number of aryl methyl sites for hydroxylation is 1. The molecular formula is C17H14ClN3O. The number of nitrogens with two attached hydrogens (primary N) is 1. The van der Waals surface area contributed by atoms with Gasteiger partial charge in [0.1, 0.15) is 11.5 Å². The highest BCUT2D eigenvalue weighted by molar-refractivity contribution is 6.35. The van der Waals surface area contributed by atoms with Gasteiger partial charge >= 0.3 is 0 Å². The smallest absolute Gasteiger partial charge is 0.200 e. The number of aromatic nitrogens is 2. The summed E-state index contributed by atoms with van der Waals surface area (Å²) in [5, 5.41) is 4.78. The zero-order chi connectivity index (χ0) is 15.7. The minimum absolute atomic E-state index is 0.227. The van der Waals surface area contributed by atoms with Crippen LogP contribution in [-0.2, 0) is 7.05 Å². The fourth-order valence-corrected chi connectivity index (χ4v) is 2.56. The highest BCUT2D eigenvalue weighted by Gasteiger charge is 2.24. The molecule has 1 aromatic heterocycles. The van der Waals surface area contributed by atoms with Gasteiger partial charge in [0.15, 0.2) is 5.78 Å². The summed E-state index contributed by atoms with van der Waals surface area (Å²) in [4.78, 5) is 12.9. The lowest BCUT2D eigenvalue weighted by atomic mass is 9.99. The third kappa shape index (κ3) is 2.38. The molecule has 0 aliphatic carbocycles. The van der Waals surface area contributed by atoms with E-state index in [0.29, 0.717) is 27.7 Å². The van der Waals surface area contributed by atoms with Crippen molar-refractivity contribution in [2.75, 3.05) is 5.73 Å². The Hall–Kier alpha value is -2.59. The summed E-state index contributed by atoms with van der Waals surface area (Å²) in [6.45, 7) is 0. The monoisotopic (exact) mass is 311 g/mol. The SMILES string of the molecule is Cn1nc(-c2ccccc2)c(C(=O)c2ccccc2Cl)c1N. The summed E-state index contributed by atoms with van der Waals surface area (Å²) < 4.78 is 1.51. The molecule has 2 N–H and O–H groups in total. The van der Waals surface area contributed by atoms with Gasteiger partial charge in [-0.25, -0.2) is 0 Å². The standard InChI is InChI=1S/C17H14ClN3O/c1-21-17(19)14(15(20-21)11-7-3-2-4-8-11)16(22)12-9-5-6-10-13(12)18/h2-10H,19H2,1H3. The Kier molecular flexibility index (Phi) is 3.69. The predicted octanol–water partition coefficient (Wildman–Crippen LogP) is 3.55. The molecule has 110 valence electrons. The Morgan fingerprint density at radius 1 is 1.09 bits per heavy atom. The molecule has 3 rings (SSSR count). The Morgan fingerprint density at radius 3 is 2.41 bits per heavy atom. The van der Waals surface area contributed by atoms with Crippen LogP contribution in [0.15, 0.2) is 54.6 Å². The van der Waals surface area contributed by atoms with Crippen molar-refractivity contribution < 1.29 is 4.79 Å². The van der Waals surface area contributed by atoms with E-state index in [0.717, 1.165) is 5.56 Å². The lowest BCUT2D eigenvalue weighted by molar-refractivity contribution is 0.104. The number of carbonyl (C=O) groups excluding carboxylic acids is 1. The fourth-order valence-electron chi connectivity index (χ4n) is 2.34. The number of ketones is 1. The van der Waals surface area contributed by atoms with E-state index in [1.807, 2.05) is 30.3 Å². The number of hydrogen-bond donors (Lipinski definition) is 1. The van der Waals surface area contributed by atoms with E-state index in [1.54, 1.807) is 31.3 Å². The van der Waals surface area contributed by atoms with E-state index in [4.69, 9.17) is 17.3 Å². The molecule has 0 bridgehead atoms. The number of nitrogens with zero attached hydrogens (tertiary/aromatic N) is 2. The van der Waals surface area contributed by atoms with Crippen LogP contribution in [0.3, 0.4) is 0 Å². The molecule has 22 heavy (non-hydrogen) atoms. The van der Waals surface area contributed by atoms with E-state index in [9.17, 15) is 4.79 Å². The Bertz CT molecular complexity index is 840. The molecule has 0 radical (unpaired) electrons. The molecule has 3 aromatic rings. The number of rotatable bonds is 3. The average molecular weight is 312 g/mol. The second kappa shape index (κ2) is 5.66. The molecule has 0 saturated carbocycles. The van der Waals surface area contributed by atoms with Crippen molar-refractivity contribution in [3.05, 3.63) is 70.7 Å². The third-order valence-electron chi connectivity index (χ3n) is 3.48. The number of carbonyl (C=O) groups is 1. The molecule has 0 saturated heterocycles. The van der Waals surface area contributed by atoms with Crippen LogP contribution in [0, 0.1) is 0 Å². The second-order valence-corrected chi connectivity index (χ2v) is 5.31. The topological polar surface area (TPSA) is 60.9 Å². The zero-order valence-electron chi connectivity index (χ0n) is 12.0. The van der Waals surface area contributed by atoms with Crippen LogP contribution in [0.2, 0.25) is 5.02 Å². The molecule has 4 nitrogen and oxygen atoms in total. The first kappa shape index (κ1) is 14.4. The van der Waals surface area contributed by atoms with Crippen LogP contribution in [-0.4, -0.2) is 15.6 Å². The fraction of sp³-hybridized carbons (Fsp3) is 0.0588. The number of halogens is 1. The van der Waals surface area contributed by atoms with Crippen molar-refractivity contribution in [3.63, 3.8) is 0 Å². The molecule has 1 heterocycles. The molecule has 0 aliphatic rings. The van der Waals surface area contributed by atoms with Crippen LogP contribution in [0.25, 0.3) is 11.3 Å². The summed E-state index contributed by atoms with van der Waals surface area (Å²) >= 11 is 6.14. The molecule has 0 spiro atoms. The quantitative estimate of drug-likeness (QED) is 0.752. The minimum Gasteiger partial charge on any atom is -0.383 e. The maximum Gasteiger partial charge on any atom is 0.200 e. The first-order valence-corrected chi connectivity index (χ1v) is 7.14. The predicted molar refractivity (Wildman–Crippen MR) is 87.9 cm³/mol. The zero-order valence-corrected chi connectivity index (χ0v) is 12.7.